The molecule has 0 bridgehead atoms. The number of anilines is 1. The van der Waals surface area contributed by atoms with Gasteiger partial charge in [0.05, 0.1) is 11.6 Å². The second-order valence-corrected chi connectivity index (χ2v) is 7.07. The zero-order valence-corrected chi connectivity index (χ0v) is 14.5. The molecule has 0 aromatic carbocycles. The molecule has 7 heteroatoms. The van der Waals surface area contributed by atoms with Crippen LogP contribution in [0.5, 0.6) is 0 Å². The minimum Gasteiger partial charge on any atom is -0.357 e. The van der Waals surface area contributed by atoms with Crippen LogP contribution in [0.3, 0.4) is 0 Å². The quantitative estimate of drug-likeness (QED) is 0.898. The van der Waals surface area contributed by atoms with E-state index < -0.39 is 0 Å². The number of amides is 3. The number of nitrogens with one attached hydrogen (secondary N) is 1. The number of urea groups is 1. The SMILES string of the molecule is O=C(c1ccc(N2CCCC2)nc1)N1CCCC(N2CCNC2=O)C1. The Morgan fingerprint density at radius 1 is 1.12 bits per heavy atom. The number of piperidine rings is 1. The number of pyridine rings is 1. The number of carbonyl (C=O) groups is 2. The summed E-state index contributed by atoms with van der Waals surface area (Å²) in [5, 5.41) is 2.84. The lowest BCUT2D eigenvalue weighted by atomic mass is 10.0. The van der Waals surface area contributed by atoms with Crippen LogP contribution in [0.1, 0.15) is 36.0 Å². The van der Waals surface area contributed by atoms with E-state index in [0.29, 0.717) is 18.7 Å². The maximum Gasteiger partial charge on any atom is 0.317 e. The number of likely N-dealkylation sites (tertiary alicyclic amines) is 1. The molecule has 7 nitrogen and oxygen atoms in total. The van der Waals surface area contributed by atoms with Crippen molar-refractivity contribution in [2.24, 2.45) is 0 Å². The molecule has 3 fully saturated rings. The molecule has 4 heterocycles. The first-order chi connectivity index (χ1) is 12.2. The second kappa shape index (κ2) is 6.90. The van der Waals surface area contributed by atoms with Crippen molar-refractivity contribution in [2.45, 2.75) is 31.7 Å². The predicted molar refractivity (Wildman–Crippen MR) is 94.7 cm³/mol. The fourth-order valence-corrected chi connectivity index (χ4v) is 4.06. The lowest BCUT2D eigenvalue weighted by Crippen LogP contribution is -2.50. The molecule has 1 aromatic rings. The number of rotatable bonds is 3. The normalized spacial score (nSPS) is 23.9. The van der Waals surface area contributed by atoms with Gasteiger partial charge in [0.1, 0.15) is 5.82 Å². The lowest BCUT2D eigenvalue weighted by molar-refractivity contribution is 0.0634. The highest BCUT2D eigenvalue weighted by Gasteiger charge is 2.33. The Balaban J connectivity index is 1.42. The number of nitrogens with zero attached hydrogens (tertiary/aromatic N) is 4. The van der Waals surface area contributed by atoms with Gasteiger partial charge >= 0.3 is 6.03 Å². The molecule has 4 rings (SSSR count). The summed E-state index contributed by atoms with van der Waals surface area (Å²) in [6.45, 7) is 4.89. The molecular weight excluding hydrogens is 318 g/mol. The molecule has 3 saturated heterocycles. The number of hydrogen-bond acceptors (Lipinski definition) is 4. The lowest BCUT2D eigenvalue weighted by Gasteiger charge is -2.37. The van der Waals surface area contributed by atoms with Gasteiger partial charge in [-0.25, -0.2) is 9.78 Å². The average molecular weight is 343 g/mol. The minimum absolute atomic E-state index is 0.00377. The Bertz CT molecular complexity index is 641. The minimum atomic E-state index is -0.00377. The van der Waals surface area contributed by atoms with Crippen LogP contribution in [0.2, 0.25) is 0 Å². The molecule has 0 saturated carbocycles. The van der Waals surface area contributed by atoms with Gasteiger partial charge in [-0.15, -0.1) is 0 Å². The van der Waals surface area contributed by atoms with Crippen LogP contribution in [0, 0.1) is 0 Å². The Morgan fingerprint density at radius 2 is 1.96 bits per heavy atom. The third-order valence-corrected chi connectivity index (χ3v) is 5.44. The van der Waals surface area contributed by atoms with Gasteiger partial charge in [0.2, 0.25) is 0 Å². The van der Waals surface area contributed by atoms with E-state index in [-0.39, 0.29) is 18.0 Å². The van der Waals surface area contributed by atoms with E-state index >= 15 is 0 Å². The Kier molecular flexibility index (Phi) is 4.46. The van der Waals surface area contributed by atoms with Crippen molar-refractivity contribution in [3.05, 3.63) is 23.9 Å². The largest absolute Gasteiger partial charge is 0.357 e. The van der Waals surface area contributed by atoms with Gasteiger partial charge in [-0.2, -0.15) is 0 Å². The van der Waals surface area contributed by atoms with Crippen molar-refractivity contribution in [3.63, 3.8) is 0 Å². The first-order valence-corrected chi connectivity index (χ1v) is 9.27. The molecule has 1 atom stereocenters. The van der Waals surface area contributed by atoms with Crippen LogP contribution >= 0.6 is 0 Å². The third-order valence-electron chi connectivity index (χ3n) is 5.44. The molecule has 1 aromatic heterocycles. The molecule has 3 aliphatic heterocycles. The zero-order chi connectivity index (χ0) is 17.2. The molecule has 25 heavy (non-hydrogen) atoms. The van der Waals surface area contributed by atoms with Crippen LogP contribution in [0.25, 0.3) is 0 Å². The summed E-state index contributed by atoms with van der Waals surface area (Å²) >= 11 is 0. The molecular formula is C18H25N5O2. The Hall–Kier alpha value is -2.31. The molecule has 0 radical (unpaired) electrons. The van der Waals surface area contributed by atoms with Gasteiger partial charge in [-0.3, -0.25) is 4.79 Å². The van der Waals surface area contributed by atoms with E-state index in [9.17, 15) is 9.59 Å². The van der Waals surface area contributed by atoms with Crippen molar-refractivity contribution >= 4 is 17.8 Å². The smallest absolute Gasteiger partial charge is 0.317 e. The molecule has 3 amide bonds. The first-order valence-electron chi connectivity index (χ1n) is 9.27. The van der Waals surface area contributed by atoms with Crippen LogP contribution in [0.4, 0.5) is 10.6 Å². The summed E-state index contributed by atoms with van der Waals surface area (Å²) in [5.41, 5.74) is 0.634. The predicted octanol–water partition coefficient (Wildman–Crippen LogP) is 1.31. The molecule has 0 aliphatic carbocycles. The number of hydrogen-bond donors (Lipinski definition) is 1. The second-order valence-electron chi connectivity index (χ2n) is 7.07. The highest BCUT2D eigenvalue weighted by Crippen LogP contribution is 2.21. The maximum atomic E-state index is 12.8. The highest BCUT2D eigenvalue weighted by atomic mass is 16.2. The van der Waals surface area contributed by atoms with Crippen molar-refractivity contribution < 1.29 is 9.59 Å². The summed E-state index contributed by atoms with van der Waals surface area (Å²) < 4.78 is 0. The summed E-state index contributed by atoms with van der Waals surface area (Å²) in [4.78, 5) is 35.2. The summed E-state index contributed by atoms with van der Waals surface area (Å²) in [7, 11) is 0. The molecule has 0 spiro atoms. The van der Waals surface area contributed by atoms with Crippen molar-refractivity contribution in [2.75, 3.05) is 44.2 Å². The van der Waals surface area contributed by atoms with Crippen molar-refractivity contribution in [1.82, 2.24) is 20.1 Å². The average Bonchev–Trinajstić information content (AvgIpc) is 3.33. The van der Waals surface area contributed by atoms with Gasteiger partial charge in [0.25, 0.3) is 5.91 Å². The van der Waals surface area contributed by atoms with E-state index in [1.54, 1.807) is 6.20 Å². The van der Waals surface area contributed by atoms with Gasteiger partial charge in [-0.1, -0.05) is 0 Å². The topological polar surface area (TPSA) is 68.8 Å². The molecule has 1 N–H and O–H groups in total. The Morgan fingerprint density at radius 3 is 2.64 bits per heavy atom. The number of aromatic nitrogens is 1. The summed E-state index contributed by atoms with van der Waals surface area (Å²) in [6, 6.07) is 3.95. The molecule has 3 aliphatic rings. The van der Waals surface area contributed by atoms with Gasteiger partial charge in [-0.05, 0) is 37.8 Å². The maximum absolute atomic E-state index is 12.8. The Labute approximate surface area is 148 Å². The standard InChI is InChI=1S/C18H25N5O2/c24-17(14-5-6-16(20-12-14)21-8-1-2-9-21)22-10-3-4-15(13-22)23-11-7-19-18(23)25/h5-6,12,15H,1-4,7-11,13H2,(H,19,25). The fraction of sp³-hybridized carbons (Fsp3) is 0.611. The summed E-state index contributed by atoms with van der Waals surface area (Å²) in [5.74, 6) is 0.976. The first kappa shape index (κ1) is 16.2. The highest BCUT2D eigenvalue weighted by molar-refractivity contribution is 5.94. The van der Waals surface area contributed by atoms with Crippen molar-refractivity contribution in [3.8, 4) is 0 Å². The molecule has 1 unspecified atom stereocenters. The third kappa shape index (κ3) is 3.27. The molecule has 134 valence electrons. The number of carbonyl (C=O) groups excluding carboxylic acids is 2. The fourth-order valence-electron chi connectivity index (χ4n) is 4.06. The van der Waals surface area contributed by atoms with E-state index in [2.05, 4.69) is 15.2 Å². The monoisotopic (exact) mass is 343 g/mol. The zero-order valence-electron chi connectivity index (χ0n) is 14.5. The van der Waals surface area contributed by atoms with Crippen LogP contribution in [0.15, 0.2) is 18.3 Å². The van der Waals surface area contributed by atoms with Crippen molar-refractivity contribution in [1.29, 1.82) is 0 Å². The summed E-state index contributed by atoms with van der Waals surface area (Å²) in [6.07, 6.45) is 6.01. The van der Waals surface area contributed by atoms with E-state index in [1.807, 2.05) is 21.9 Å². The van der Waals surface area contributed by atoms with Gasteiger partial charge in [0, 0.05) is 45.5 Å². The van der Waals surface area contributed by atoms with E-state index in [4.69, 9.17) is 0 Å². The van der Waals surface area contributed by atoms with Crippen LogP contribution < -0.4 is 10.2 Å². The van der Waals surface area contributed by atoms with Gasteiger partial charge in [0.15, 0.2) is 0 Å². The van der Waals surface area contributed by atoms with E-state index in [0.717, 1.165) is 44.8 Å². The van der Waals surface area contributed by atoms with E-state index in [1.165, 1.54) is 12.8 Å². The van der Waals surface area contributed by atoms with Crippen LogP contribution in [-0.2, 0) is 0 Å². The van der Waals surface area contributed by atoms with Crippen LogP contribution in [-0.4, -0.2) is 72.0 Å². The van der Waals surface area contributed by atoms with Gasteiger partial charge < -0.3 is 20.0 Å².